The minimum atomic E-state index is -1.16. The van der Waals surface area contributed by atoms with Crippen LogP contribution in [0.2, 0.25) is 0 Å². The molecule has 4 aromatic rings. The third kappa shape index (κ3) is 11.6. The molecule has 0 unspecified atom stereocenters. The third-order valence-electron chi connectivity index (χ3n) is 9.40. The topological polar surface area (TPSA) is 111 Å². The normalized spacial score (nSPS) is 25.2. The number of rotatable bonds is 17. The minimum absolute atomic E-state index is 0.0255. The van der Waals surface area contributed by atoms with E-state index < -0.39 is 67.0 Å². The lowest BCUT2D eigenvalue weighted by atomic mass is 9.95. The molecule has 1 fully saturated rings. The minimum Gasteiger partial charge on any atom is -0.493 e. The molecule has 0 aromatic heterocycles. The molecule has 2 aliphatic heterocycles. The second kappa shape index (κ2) is 20.0. The second-order valence-electron chi connectivity index (χ2n) is 14.7. The number of hydrogen-bond acceptors (Lipinski definition) is 10. The van der Waals surface area contributed by atoms with Crippen LogP contribution >= 0.6 is 0 Å². The van der Waals surface area contributed by atoms with Gasteiger partial charge in [0.2, 0.25) is 0 Å². The van der Waals surface area contributed by atoms with Crippen LogP contribution in [0.3, 0.4) is 0 Å². The zero-order chi connectivity index (χ0) is 38.5. The predicted octanol–water partition coefficient (Wildman–Crippen LogP) is 6.93. The molecule has 0 bridgehead atoms. The summed E-state index contributed by atoms with van der Waals surface area (Å²) in [7, 11) is 0. The van der Waals surface area contributed by atoms with E-state index in [0.717, 1.165) is 22.3 Å². The van der Waals surface area contributed by atoms with Crippen LogP contribution in [0.25, 0.3) is 0 Å². The van der Waals surface area contributed by atoms with Crippen molar-refractivity contribution in [2.45, 2.75) is 96.2 Å². The third-order valence-corrected chi connectivity index (χ3v) is 9.40. The van der Waals surface area contributed by atoms with Crippen LogP contribution < -0.4 is 0 Å². The van der Waals surface area contributed by atoms with Crippen LogP contribution in [0, 0.1) is 5.41 Å². The van der Waals surface area contributed by atoms with E-state index >= 15 is 0 Å². The standard InChI is InChI=1S/C45H52O10/c1-45(2,3)44(47)55-42-41(52-30-35-22-14-7-15-23-35)40(51-29-34-20-12-6-13-21-34)37(26-46)54-43(42)53-31-38-39(50-28-33-18-10-5-11-19-33)36(24-25-48-38)49-27-32-16-8-4-9-17-32/h4-25,36-43,46H,26-31H2,1-3H3/t36-,37-,38-,39+,40-,41+,42-,43-/m1/s1. The molecule has 55 heavy (non-hydrogen) atoms. The van der Waals surface area contributed by atoms with E-state index in [9.17, 15) is 9.90 Å². The Morgan fingerprint density at radius 1 is 0.582 bits per heavy atom. The van der Waals surface area contributed by atoms with Gasteiger partial charge in [0, 0.05) is 0 Å². The Morgan fingerprint density at radius 2 is 1.04 bits per heavy atom. The Bertz CT molecular complexity index is 1730. The molecule has 10 nitrogen and oxygen atoms in total. The lowest BCUT2D eigenvalue weighted by Crippen LogP contribution is -2.62. The van der Waals surface area contributed by atoms with Crippen molar-refractivity contribution in [3.8, 4) is 0 Å². The average molecular weight is 753 g/mol. The van der Waals surface area contributed by atoms with Crippen LogP contribution in [-0.2, 0) is 69.1 Å². The lowest BCUT2D eigenvalue weighted by Gasteiger charge is -2.46. The van der Waals surface area contributed by atoms with Gasteiger partial charge in [0.25, 0.3) is 0 Å². The molecule has 0 radical (unpaired) electrons. The zero-order valence-electron chi connectivity index (χ0n) is 31.7. The molecule has 10 heteroatoms. The van der Waals surface area contributed by atoms with E-state index in [1.807, 2.05) is 127 Å². The van der Waals surface area contributed by atoms with E-state index in [1.54, 1.807) is 27.0 Å². The number of ether oxygens (including phenoxy) is 8. The summed E-state index contributed by atoms with van der Waals surface area (Å²) < 4.78 is 51.3. The van der Waals surface area contributed by atoms with Crippen molar-refractivity contribution in [2.24, 2.45) is 5.41 Å². The molecule has 292 valence electrons. The van der Waals surface area contributed by atoms with E-state index in [1.165, 1.54) is 0 Å². The maximum absolute atomic E-state index is 13.6. The largest absolute Gasteiger partial charge is 0.493 e. The Labute approximate surface area is 323 Å². The highest BCUT2D eigenvalue weighted by Crippen LogP contribution is 2.33. The van der Waals surface area contributed by atoms with Gasteiger partial charge in [-0.05, 0) is 49.1 Å². The van der Waals surface area contributed by atoms with Crippen molar-refractivity contribution in [1.82, 2.24) is 0 Å². The van der Waals surface area contributed by atoms with Gasteiger partial charge in [-0.3, -0.25) is 4.79 Å². The quantitative estimate of drug-likeness (QED) is 0.114. The number of carbonyl (C=O) groups is 1. The summed E-state index contributed by atoms with van der Waals surface area (Å²) in [6.45, 7) is 6.01. The van der Waals surface area contributed by atoms with Crippen molar-refractivity contribution in [3.63, 3.8) is 0 Å². The molecule has 0 amide bonds. The number of aliphatic hydroxyl groups excluding tert-OH is 1. The Balaban J connectivity index is 1.25. The summed E-state index contributed by atoms with van der Waals surface area (Å²) >= 11 is 0. The molecule has 8 atom stereocenters. The van der Waals surface area contributed by atoms with Gasteiger partial charge >= 0.3 is 5.97 Å². The van der Waals surface area contributed by atoms with Gasteiger partial charge in [-0.25, -0.2) is 0 Å². The Hall–Kier alpha value is -4.39. The first-order valence-corrected chi connectivity index (χ1v) is 18.8. The van der Waals surface area contributed by atoms with Crippen molar-refractivity contribution in [3.05, 3.63) is 156 Å². The van der Waals surface area contributed by atoms with Gasteiger partial charge in [-0.15, -0.1) is 0 Å². The molecular weight excluding hydrogens is 700 g/mol. The fraction of sp³-hybridized carbons (Fsp3) is 0.400. The second-order valence-corrected chi connectivity index (χ2v) is 14.7. The number of aliphatic hydroxyl groups is 1. The SMILES string of the molecule is CC(C)(C)C(=O)O[C@H]1[C@H](OC[C@H]2OC=C[C@@H](OCc3ccccc3)[C@@H]2OCc2ccccc2)O[C@H](CO)[C@@H](OCc2ccccc2)[C@@H]1OCc1ccccc1. The van der Waals surface area contributed by atoms with Crippen molar-refractivity contribution >= 4 is 5.97 Å². The number of hydrogen-bond donors (Lipinski definition) is 1. The van der Waals surface area contributed by atoms with Crippen molar-refractivity contribution in [1.29, 1.82) is 0 Å². The first kappa shape index (κ1) is 40.3. The predicted molar refractivity (Wildman–Crippen MR) is 205 cm³/mol. The van der Waals surface area contributed by atoms with Crippen molar-refractivity contribution < 1.29 is 47.8 Å². The number of esters is 1. The van der Waals surface area contributed by atoms with Gasteiger partial charge in [-0.2, -0.15) is 0 Å². The summed E-state index contributed by atoms with van der Waals surface area (Å²) in [4.78, 5) is 13.6. The highest BCUT2D eigenvalue weighted by atomic mass is 16.7. The average Bonchev–Trinajstić information content (AvgIpc) is 3.21. The Kier molecular flexibility index (Phi) is 14.6. The number of benzene rings is 4. The molecular formula is C45H52O10. The summed E-state index contributed by atoms with van der Waals surface area (Å²) in [5, 5.41) is 10.7. The number of carbonyl (C=O) groups excluding carboxylic acids is 1. The molecule has 2 heterocycles. The maximum atomic E-state index is 13.6. The summed E-state index contributed by atoms with van der Waals surface area (Å²) in [6, 6.07) is 39.2. The smallest absolute Gasteiger partial charge is 0.311 e. The lowest BCUT2D eigenvalue weighted by molar-refractivity contribution is -0.325. The van der Waals surface area contributed by atoms with E-state index in [4.69, 9.17) is 37.9 Å². The van der Waals surface area contributed by atoms with Crippen LogP contribution in [-0.4, -0.2) is 73.3 Å². The first-order chi connectivity index (χ1) is 26.8. The fourth-order valence-electron chi connectivity index (χ4n) is 6.34. The van der Waals surface area contributed by atoms with Crippen LogP contribution in [0.1, 0.15) is 43.0 Å². The van der Waals surface area contributed by atoms with E-state index in [0.29, 0.717) is 13.2 Å². The Morgan fingerprint density at radius 3 is 1.51 bits per heavy atom. The fourth-order valence-corrected chi connectivity index (χ4v) is 6.34. The molecule has 6 rings (SSSR count). The highest BCUT2D eigenvalue weighted by Gasteiger charge is 2.51. The summed E-state index contributed by atoms with van der Waals surface area (Å²) in [5.74, 6) is -0.470. The summed E-state index contributed by atoms with van der Waals surface area (Å²) in [6.07, 6.45) is -3.06. The van der Waals surface area contributed by atoms with Gasteiger partial charge in [0.05, 0.1) is 51.3 Å². The molecule has 1 saturated heterocycles. The van der Waals surface area contributed by atoms with Crippen LogP contribution in [0.15, 0.2) is 134 Å². The van der Waals surface area contributed by atoms with E-state index in [2.05, 4.69) is 0 Å². The molecule has 2 aliphatic rings. The highest BCUT2D eigenvalue weighted by molar-refractivity contribution is 5.75. The molecule has 0 spiro atoms. The van der Waals surface area contributed by atoms with Gasteiger partial charge in [0.1, 0.15) is 30.5 Å². The van der Waals surface area contributed by atoms with Crippen LogP contribution in [0.4, 0.5) is 0 Å². The molecule has 0 aliphatic carbocycles. The first-order valence-electron chi connectivity index (χ1n) is 18.8. The van der Waals surface area contributed by atoms with Gasteiger partial charge in [-0.1, -0.05) is 121 Å². The molecule has 4 aromatic carbocycles. The monoisotopic (exact) mass is 752 g/mol. The maximum Gasteiger partial charge on any atom is 0.311 e. The summed E-state index contributed by atoms with van der Waals surface area (Å²) in [5.41, 5.74) is 3.01. The molecule has 0 saturated carbocycles. The van der Waals surface area contributed by atoms with E-state index in [-0.39, 0.29) is 19.8 Å². The molecule has 1 N–H and O–H groups in total. The zero-order valence-corrected chi connectivity index (χ0v) is 31.7. The van der Waals surface area contributed by atoms with Gasteiger partial charge < -0.3 is 43.0 Å². The van der Waals surface area contributed by atoms with Gasteiger partial charge in [0.15, 0.2) is 18.5 Å². The van der Waals surface area contributed by atoms with Crippen molar-refractivity contribution in [2.75, 3.05) is 13.2 Å². The van der Waals surface area contributed by atoms with Crippen LogP contribution in [0.5, 0.6) is 0 Å².